The Balaban J connectivity index is 3.02. The maximum absolute atomic E-state index is 5.72. The molecule has 5 heavy (non-hydrogen) atoms. The molecule has 34 valence electrons. The quantitative estimate of drug-likeness (QED) is 0.534. The Bertz CT molecular complexity index is 22.4. The van der Waals surface area contributed by atoms with Gasteiger partial charge in [-0.15, -0.1) is 0 Å². The van der Waals surface area contributed by atoms with Gasteiger partial charge in [-0.3, -0.25) is 0 Å². The van der Waals surface area contributed by atoms with Gasteiger partial charge in [-0.25, -0.2) is 0 Å². The van der Waals surface area contributed by atoms with Crippen molar-refractivity contribution in [3.8, 4) is 0 Å². The fraction of sp³-hybridized carbons (Fsp3) is 1.00. The number of hydrogen-bond acceptors (Lipinski definition) is 0. The summed E-state index contributed by atoms with van der Waals surface area (Å²) in [5.74, 6) is 0. The molecule has 0 radical (unpaired) electrons. The molecule has 0 atom stereocenters. The van der Waals surface area contributed by atoms with Crippen molar-refractivity contribution in [2.75, 3.05) is 0 Å². The molecule has 0 aliphatic carbocycles. The first-order valence-electron chi connectivity index (χ1n) is 1.38. The van der Waals surface area contributed by atoms with Crippen LogP contribution >= 0.6 is 8.96 Å². The van der Waals surface area contributed by atoms with Gasteiger partial charge in [0.15, 0.2) is 0 Å². The van der Waals surface area contributed by atoms with Gasteiger partial charge in [-0.2, -0.15) is 0 Å². The van der Waals surface area contributed by atoms with Crippen LogP contribution < -0.4 is 0 Å². The van der Waals surface area contributed by atoms with Crippen molar-refractivity contribution < 1.29 is 0 Å². The van der Waals surface area contributed by atoms with E-state index in [0.29, 0.717) is 0 Å². The van der Waals surface area contributed by atoms with Crippen molar-refractivity contribution in [1.29, 1.82) is 0 Å². The summed E-state index contributed by atoms with van der Waals surface area (Å²) >= 11 is -1.55. The van der Waals surface area contributed by atoms with E-state index in [4.69, 9.17) is 8.96 Å². The molecule has 0 N–H and O–H groups in total. The molecule has 0 amide bonds. The summed E-state index contributed by atoms with van der Waals surface area (Å²) in [6.07, 6.45) is 0. The van der Waals surface area contributed by atoms with Crippen molar-refractivity contribution in [3.05, 3.63) is 0 Å². The van der Waals surface area contributed by atoms with Gasteiger partial charge in [0.1, 0.15) is 0 Å². The number of hydrogen-bond donors (Lipinski definition) is 0. The van der Waals surface area contributed by atoms with E-state index in [1.807, 2.05) is 0 Å². The summed E-state index contributed by atoms with van der Waals surface area (Å²) in [5, 5.41) is 0. The first-order chi connectivity index (χ1) is 2.00. The first-order valence-corrected chi connectivity index (χ1v) is 11.3. The molecule has 0 fully saturated rings. The van der Waals surface area contributed by atoms with Gasteiger partial charge < -0.3 is 0 Å². The van der Waals surface area contributed by atoms with Crippen molar-refractivity contribution in [2.24, 2.45) is 0 Å². The van der Waals surface area contributed by atoms with Gasteiger partial charge in [-0.1, -0.05) is 0 Å². The van der Waals surface area contributed by atoms with Gasteiger partial charge in [0.05, 0.1) is 0 Å². The number of halogens is 1. The molecule has 2 heteroatoms. The van der Waals surface area contributed by atoms with Crippen LogP contribution in [-0.4, -0.2) is 17.1 Å². The summed E-state index contributed by atoms with van der Waals surface area (Å²) in [5.41, 5.74) is 0. The molecular weight excluding hydrogens is 199 g/mol. The van der Waals surface area contributed by atoms with Crippen LogP contribution in [0.2, 0.25) is 14.9 Å². The molecule has 0 unspecified atom stereocenters. The Hall–Kier alpha value is 1.08. The second-order valence-corrected chi connectivity index (χ2v) is 17.5. The normalized spacial score (nSPS) is 15.2. The summed E-state index contributed by atoms with van der Waals surface area (Å²) < 4.78 is 0. The third-order valence-corrected chi connectivity index (χ3v) is 0. The van der Waals surface area contributed by atoms with Crippen LogP contribution in [-0.2, 0) is 0 Å². The third-order valence-electron chi connectivity index (χ3n) is 0. The Morgan fingerprint density at radius 1 is 1.20 bits per heavy atom. The summed E-state index contributed by atoms with van der Waals surface area (Å²) in [6.45, 7) is 0. The zero-order valence-electron chi connectivity index (χ0n) is 3.79. The Morgan fingerprint density at radius 2 is 1.20 bits per heavy atom. The molecule has 0 nitrogen and oxygen atoms in total. The van der Waals surface area contributed by atoms with Crippen molar-refractivity contribution in [3.63, 3.8) is 0 Å². The van der Waals surface area contributed by atoms with E-state index in [0.717, 1.165) is 0 Å². The van der Waals surface area contributed by atoms with E-state index in [1.54, 1.807) is 0 Å². The van der Waals surface area contributed by atoms with Crippen LogP contribution in [0.4, 0.5) is 0 Å². The fourth-order valence-electron chi connectivity index (χ4n) is 0. The number of rotatable bonds is 0. The van der Waals surface area contributed by atoms with Crippen LogP contribution in [0.3, 0.4) is 0 Å². The second kappa shape index (κ2) is 1.69. The molecule has 0 bridgehead atoms. The molecule has 0 spiro atoms. The predicted octanol–water partition coefficient (Wildman–Crippen LogP) is 2.06. The van der Waals surface area contributed by atoms with Crippen LogP contribution in [0.5, 0.6) is 0 Å². The SMILES string of the molecule is C[Te](C)(C)Cl. The van der Waals surface area contributed by atoms with Crippen LogP contribution in [0.25, 0.3) is 0 Å². The summed E-state index contributed by atoms with van der Waals surface area (Å²) in [7, 11) is 5.72. The Kier molecular flexibility index (Phi) is 2.05. The molecule has 0 saturated carbocycles. The average molecular weight is 208 g/mol. The molecule has 0 rings (SSSR count). The molecule has 0 aliphatic heterocycles. The zero-order valence-corrected chi connectivity index (χ0v) is 6.87. The molecule has 0 saturated heterocycles. The van der Waals surface area contributed by atoms with E-state index >= 15 is 0 Å². The van der Waals surface area contributed by atoms with Crippen molar-refractivity contribution >= 4 is 26.0 Å². The minimum absolute atomic E-state index is 1.55. The first kappa shape index (κ1) is 6.08. The van der Waals surface area contributed by atoms with Gasteiger partial charge in [-0.05, 0) is 0 Å². The topological polar surface area (TPSA) is 0 Å². The van der Waals surface area contributed by atoms with E-state index in [1.165, 1.54) is 0 Å². The molecule has 0 aromatic rings. The Morgan fingerprint density at radius 3 is 1.20 bits per heavy atom. The van der Waals surface area contributed by atoms with Crippen molar-refractivity contribution in [1.82, 2.24) is 0 Å². The van der Waals surface area contributed by atoms with Gasteiger partial charge in [0, 0.05) is 0 Å². The minimum atomic E-state index is -1.55. The fourth-order valence-corrected chi connectivity index (χ4v) is 0. The van der Waals surface area contributed by atoms with Crippen LogP contribution in [0.1, 0.15) is 0 Å². The molecule has 0 aromatic carbocycles. The monoisotopic (exact) mass is 210 g/mol. The van der Waals surface area contributed by atoms with Gasteiger partial charge in [0.2, 0.25) is 0 Å². The zero-order chi connectivity index (χ0) is 4.50. The molecular formula is C3H9ClTe. The summed E-state index contributed by atoms with van der Waals surface area (Å²) in [4.78, 5) is 6.43. The van der Waals surface area contributed by atoms with Crippen LogP contribution in [0.15, 0.2) is 0 Å². The standard InChI is InChI=1S/C3H9ClTe/c1-5(2,3)4/h1-3H3. The van der Waals surface area contributed by atoms with Crippen molar-refractivity contribution in [2.45, 2.75) is 14.9 Å². The molecule has 0 aliphatic rings. The second-order valence-electron chi connectivity index (χ2n) is 1.69. The maximum atomic E-state index is 5.72. The van der Waals surface area contributed by atoms with Gasteiger partial charge in [0.25, 0.3) is 0 Å². The van der Waals surface area contributed by atoms with Gasteiger partial charge >= 0.3 is 40.9 Å². The summed E-state index contributed by atoms with van der Waals surface area (Å²) in [6, 6.07) is 0. The molecule has 0 aromatic heterocycles. The van der Waals surface area contributed by atoms with E-state index in [9.17, 15) is 0 Å². The third kappa shape index (κ3) is 41.3. The van der Waals surface area contributed by atoms with E-state index in [2.05, 4.69) is 14.9 Å². The van der Waals surface area contributed by atoms with Crippen LogP contribution in [0, 0.1) is 0 Å². The van der Waals surface area contributed by atoms with E-state index in [-0.39, 0.29) is 0 Å². The average Bonchev–Trinajstić information content (AvgIpc) is 0.722. The molecule has 0 heterocycles. The van der Waals surface area contributed by atoms with E-state index < -0.39 is 17.1 Å². The Labute approximate surface area is 41.1 Å². The predicted molar refractivity (Wildman–Crippen MR) is 29.2 cm³/mol.